The van der Waals surface area contributed by atoms with Crippen LogP contribution in [0.4, 0.5) is 13.2 Å². The van der Waals surface area contributed by atoms with Gasteiger partial charge in [0.2, 0.25) is 6.10 Å². The first-order chi connectivity index (χ1) is 13.1. The summed E-state index contributed by atoms with van der Waals surface area (Å²) in [7, 11) is 0. The first-order valence-corrected chi connectivity index (χ1v) is 8.77. The molecule has 0 aliphatic rings. The van der Waals surface area contributed by atoms with Crippen LogP contribution < -0.4 is 0 Å². The monoisotopic (exact) mass is 434 g/mol. The van der Waals surface area contributed by atoms with E-state index in [9.17, 15) is 18.0 Å². The van der Waals surface area contributed by atoms with Crippen molar-refractivity contribution >= 4 is 35.4 Å². The number of benzene rings is 1. The Balaban J connectivity index is 2.24. The maximum Gasteiger partial charge on any atom is 0.417 e. The van der Waals surface area contributed by atoms with Crippen LogP contribution in [0.1, 0.15) is 25.0 Å². The van der Waals surface area contributed by atoms with E-state index < -0.39 is 23.8 Å². The Bertz CT molecular complexity index is 889. The topological polar surface area (TPSA) is 60.8 Å². The molecule has 0 saturated heterocycles. The van der Waals surface area contributed by atoms with Crippen molar-refractivity contribution in [2.75, 3.05) is 6.61 Å². The van der Waals surface area contributed by atoms with Crippen molar-refractivity contribution in [1.29, 1.82) is 0 Å². The minimum Gasteiger partial charge on any atom is -0.463 e. The number of oxime groups is 1. The van der Waals surface area contributed by atoms with Crippen molar-refractivity contribution in [2.24, 2.45) is 5.16 Å². The summed E-state index contributed by atoms with van der Waals surface area (Å²) in [6.07, 6.45) is -3.49. The number of ether oxygens (including phenoxy) is 1. The first-order valence-electron chi connectivity index (χ1n) is 8.02. The SMILES string of the molecule is CCOC(=O)C(C)ON=Cc1cc(-c2ncc(C(F)(F)F)cc2Cl)ccc1Cl. The molecule has 150 valence electrons. The third-order valence-corrected chi connectivity index (χ3v) is 4.10. The number of pyridine rings is 1. The molecule has 28 heavy (non-hydrogen) atoms. The van der Waals surface area contributed by atoms with Gasteiger partial charge in [0.1, 0.15) is 0 Å². The average Bonchev–Trinajstić information content (AvgIpc) is 2.62. The van der Waals surface area contributed by atoms with Crippen LogP contribution in [0.3, 0.4) is 0 Å². The van der Waals surface area contributed by atoms with Crippen LogP contribution in [-0.4, -0.2) is 29.9 Å². The van der Waals surface area contributed by atoms with Gasteiger partial charge in [0.15, 0.2) is 0 Å². The fourth-order valence-corrected chi connectivity index (χ4v) is 2.52. The zero-order chi connectivity index (χ0) is 20.9. The smallest absolute Gasteiger partial charge is 0.417 e. The molecule has 5 nitrogen and oxygen atoms in total. The van der Waals surface area contributed by atoms with Crippen LogP contribution in [0.5, 0.6) is 0 Å². The number of aromatic nitrogens is 1. The number of halogens is 5. The number of carbonyl (C=O) groups is 1. The van der Waals surface area contributed by atoms with Crippen molar-refractivity contribution in [3.63, 3.8) is 0 Å². The third kappa shape index (κ3) is 5.59. The van der Waals surface area contributed by atoms with Gasteiger partial charge in [0.25, 0.3) is 0 Å². The van der Waals surface area contributed by atoms with Gasteiger partial charge in [-0.1, -0.05) is 34.4 Å². The standard InChI is InChI=1S/C18H15Cl2F3N2O3/c1-3-27-17(26)10(2)28-25-8-12-6-11(4-5-14(12)19)16-15(20)7-13(9-24-16)18(21,22)23/h4-10H,3H2,1-2H3. The minimum absolute atomic E-state index is 0.154. The molecule has 10 heteroatoms. The summed E-state index contributed by atoms with van der Waals surface area (Å²) in [5.74, 6) is -0.569. The fraction of sp³-hybridized carbons (Fsp3) is 0.278. The van der Waals surface area contributed by atoms with E-state index >= 15 is 0 Å². The molecule has 1 unspecified atom stereocenters. The van der Waals surface area contributed by atoms with E-state index in [-0.39, 0.29) is 17.3 Å². The van der Waals surface area contributed by atoms with Crippen LogP contribution >= 0.6 is 23.2 Å². The molecule has 0 fully saturated rings. The molecule has 2 rings (SSSR count). The quantitative estimate of drug-likeness (QED) is 0.348. The molecule has 1 aromatic carbocycles. The van der Waals surface area contributed by atoms with Crippen LogP contribution in [0, 0.1) is 0 Å². The molecule has 0 spiro atoms. The Morgan fingerprint density at radius 1 is 1.29 bits per heavy atom. The predicted molar refractivity (Wildman–Crippen MR) is 99.5 cm³/mol. The van der Waals surface area contributed by atoms with Gasteiger partial charge in [-0.25, -0.2) is 4.79 Å². The summed E-state index contributed by atoms with van der Waals surface area (Å²) in [5, 5.41) is 3.85. The number of rotatable bonds is 6. The number of alkyl halides is 3. The van der Waals surface area contributed by atoms with Gasteiger partial charge < -0.3 is 9.57 Å². The van der Waals surface area contributed by atoms with Crippen molar-refractivity contribution < 1.29 is 27.5 Å². The van der Waals surface area contributed by atoms with E-state index in [1.165, 1.54) is 25.3 Å². The molecular weight excluding hydrogens is 420 g/mol. The highest BCUT2D eigenvalue weighted by Crippen LogP contribution is 2.34. The van der Waals surface area contributed by atoms with Gasteiger partial charge in [-0.15, -0.1) is 0 Å². The van der Waals surface area contributed by atoms with Crippen LogP contribution in [0.2, 0.25) is 10.0 Å². The molecule has 1 atom stereocenters. The second-order valence-electron chi connectivity index (χ2n) is 5.52. The molecule has 1 heterocycles. The highest BCUT2D eigenvalue weighted by molar-refractivity contribution is 6.34. The van der Waals surface area contributed by atoms with E-state index in [1.54, 1.807) is 13.0 Å². The molecular formula is C18H15Cl2F3N2O3. The average molecular weight is 435 g/mol. The van der Waals surface area contributed by atoms with Crippen LogP contribution in [-0.2, 0) is 20.5 Å². The lowest BCUT2D eigenvalue weighted by Gasteiger charge is -2.10. The zero-order valence-electron chi connectivity index (χ0n) is 14.8. The van der Waals surface area contributed by atoms with E-state index in [2.05, 4.69) is 10.1 Å². The Morgan fingerprint density at radius 3 is 2.61 bits per heavy atom. The van der Waals surface area contributed by atoms with E-state index in [0.717, 1.165) is 6.07 Å². The molecule has 0 aliphatic heterocycles. The molecule has 0 bridgehead atoms. The Kier molecular flexibility index (Phi) is 7.26. The van der Waals surface area contributed by atoms with E-state index in [1.807, 2.05) is 0 Å². The minimum atomic E-state index is -4.54. The summed E-state index contributed by atoms with van der Waals surface area (Å²) in [4.78, 5) is 20.3. The highest BCUT2D eigenvalue weighted by atomic mass is 35.5. The molecule has 2 aromatic rings. The Labute approximate surface area is 169 Å². The van der Waals surface area contributed by atoms with Crippen molar-refractivity contribution in [3.05, 3.63) is 51.6 Å². The maximum absolute atomic E-state index is 12.7. The van der Waals surface area contributed by atoms with Crippen LogP contribution in [0.15, 0.2) is 35.6 Å². The molecule has 0 aliphatic carbocycles. The number of carbonyl (C=O) groups excluding carboxylic acids is 1. The normalized spacial score (nSPS) is 12.8. The van der Waals surface area contributed by atoms with E-state index in [0.29, 0.717) is 22.3 Å². The number of esters is 1. The Hall–Kier alpha value is -2.32. The summed E-state index contributed by atoms with van der Waals surface area (Å²) in [5.41, 5.74) is 0.0381. The maximum atomic E-state index is 12.7. The summed E-state index contributed by atoms with van der Waals surface area (Å²) in [6, 6.07) is 5.41. The molecule has 0 N–H and O–H groups in total. The summed E-state index contributed by atoms with van der Waals surface area (Å²) < 4.78 is 43.0. The summed E-state index contributed by atoms with van der Waals surface area (Å²) in [6.45, 7) is 3.35. The van der Waals surface area contributed by atoms with Crippen molar-refractivity contribution in [3.8, 4) is 11.3 Å². The lowest BCUT2D eigenvalue weighted by Crippen LogP contribution is -2.21. The van der Waals surface area contributed by atoms with Gasteiger partial charge in [-0.3, -0.25) is 4.98 Å². The van der Waals surface area contributed by atoms with Gasteiger partial charge in [0.05, 0.1) is 29.1 Å². The van der Waals surface area contributed by atoms with Gasteiger partial charge in [-0.2, -0.15) is 13.2 Å². The van der Waals surface area contributed by atoms with Gasteiger partial charge >= 0.3 is 12.1 Å². The second kappa shape index (κ2) is 9.25. The van der Waals surface area contributed by atoms with Crippen LogP contribution in [0.25, 0.3) is 11.3 Å². The zero-order valence-corrected chi connectivity index (χ0v) is 16.3. The summed E-state index contributed by atoms with van der Waals surface area (Å²) >= 11 is 12.1. The number of nitrogens with zero attached hydrogens (tertiary/aromatic N) is 2. The highest BCUT2D eigenvalue weighted by Gasteiger charge is 2.31. The molecule has 0 amide bonds. The first kappa shape index (κ1) is 22.0. The number of hydrogen-bond acceptors (Lipinski definition) is 5. The van der Waals surface area contributed by atoms with E-state index in [4.69, 9.17) is 32.8 Å². The largest absolute Gasteiger partial charge is 0.463 e. The lowest BCUT2D eigenvalue weighted by molar-refractivity contribution is -0.155. The number of hydrogen-bond donors (Lipinski definition) is 0. The van der Waals surface area contributed by atoms with Crippen molar-refractivity contribution in [2.45, 2.75) is 26.1 Å². The third-order valence-electron chi connectivity index (χ3n) is 3.47. The molecule has 1 aromatic heterocycles. The molecule has 0 radical (unpaired) electrons. The van der Waals surface area contributed by atoms with Crippen molar-refractivity contribution in [1.82, 2.24) is 4.98 Å². The lowest BCUT2D eigenvalue weighted by atomic mass is 10.1. The fourth-order valence-electron chi connectivity index (χ4n) is 2.08. The predicted octanol–water partition coefficient (Wildman–Crippen LogP) is 5.38. The molecule has 0 saturated carbocycles. The van der Waals surface area contributed by atoms with Gasteiger partial charge in [0, 0.05) is 22.3 Å². The van der Waals surface area contributed by atoms with Gasteiger partial charge in [-0.05, 0) is 32.0 Å². The Morgan fingerprint density at radius 2 is 2.00 bits per heavy atom. The second-order valence-corrected chi connectivity index (χ2v) is 6.34.